The number of nitrogens with zero attached hydrogens (tertiary/aromatic N) is 3. The van der Waals surface area contributed by atoms with Gasteiger partial charge in [0.15, 0.2) is 5.69 Å². The van der Waals surface area contributed by atoms with Crippen molar-refractivity contribution < 1.29 is 9.53 Å². The molecule has 0 atom stereocenters. The quantitative estimate of drug-likeness (QED) is 0.640. The van der Waals surface area contributed by atoms with Gasteiger partial charge in [0.1, 0.15) is 0 Å². The highest BCUT2D eigenvalue weighted by Crippen LogP contribution is 2.29. The fraction of sp³-hybridized carbons (Fsp3) is 0.312. The van der Waals surface area contributed by atoms with Crippen LogP contribution in [0.2, 0.25) is 0 Å². The van der Waals surface area contributed by atoms with Gasteiger partial charge >= 0.3 is 5.97 Å². The first-order chi connectivity index (χ1) is 10.3. The molecule has 1 aromatic heterocycles. The van der Waals surface area contributed by atoms with E-state index in [4.69, 9.17) is 4.74 Å². The number of carbonyl (C=O) groups is 1. The molecule has 2 heterocycles. The van der Waals surface area contributed by atoms with E-state index in [1.54, 1.807) is 6.92 Å². The Morgan fingerprint density at radius 2 is 2.14 bits per heavy atom. The zero-order valence-electron chi connectivity index (χ0n) is 12.0. The third-order valence-corrected chi connectivity index (χ3v) is 3.48. The molecule has 3 rings (SSSR count). The molecule has 0 spiro atoms. The summed E-state index contributed by atoms with van der Waals surface area (Å²) in [5.74, 6) is -0.416. The molecule has 1 aromatic carbocycles. The summed E-state index contributed by atoms with van der Waals surface area (Å²) in [7, 11) is 0. The number of fused-ring (bicyclic) bond motifs is 1. The molecule has 0 fully saturated rings. The van der Waals surface area contributed by atoms with Crippen LogP contribution in [0.15, 0.2) is 36.4 Å². The minimum Gasteiger partial charge on any atom is -0.461 e. The maximum absolute atomic E-state index is 12.2. The van der Waals surface area contributed by atoms with E-state index in [2.05, 4.69) is 27.2 Å². The molecule has 0 aliphatic carbocycles. The fourth-order valence-electron chi connectivity index (χ4n) is 2.54. The monoisotopic (exact) mass is 283 g/mol. The van der Waals surface area contributed by atoms with Gasteiger partial charge in [-0.1, -0.05) is 30.4 Å². The van der Waals surface area contributed by atoms with Gasteiger partial charge in [0.2, 0.25) is 0 Å². The molecule has 5 heteroatoms. The van der Waals surface area contributed by atoms with E-state index in [9.17, 15) is 4.79 Å². The molecule has 108 valence electrons. The third kappa shape index (κ3) is 2.59. The van der Waals surface area contributed by atoms with Gasteiger partial charge in [-0.05, 0) is 19.4 Å². The first kappa shape index (κ1) is 13.5. The lowest BCUT2D eigenvalue weighted by Gasteiger charge is -2.27. The first-order valence-electron chi connectivity index (χ1n) is 7.13. The molecule has 0 bridgehead atoms. The van der Waals surface area contributed by atoms with Gasteiger partial charge in [0, 0.05) is 18.5 Å². The Bertz CT molecular complexity index is 697. The second-order valence-corrected chi connectivity index (χ2v) is 4.84. The van der Waals surface area contributed by atoms with Crippen LogP contribution >= 0.6 is 0 Å². The number of hydrogen-bond acceptors (Lipinski definition) is 5. The van der Waals surface area contributed by atoms with Gasteiger partial charge in [-0.25, -0.2) is 4.79 Å². The molecule has 1 aliphatic heterocycles. The highest BCUT2D eigenvalue weighted by molar-refractivity contribution is 6.03. The lowest BCUT2D eigenvalue weighted by molar-refractivity contribution is 0.0519. The van der Waals surface area contributed by atoms with E-state index < -0.39 is 5.97 Å². The molecule has 0 unspecified atom stereocenters. The lowest BCUT2D eigenvalue weighted by atomic mass is 10.1. The summed E-state index contributed by atoms with van der Waals surface area (Å²) in [6.45, 7) is 3.74. The molecule has 0 amide bonds. The maximum atomic E-state index is 12.2. The summed E-state index contributed by atoms with van der Waals surface area (Å²) in [4.78, 5) is 14.3. The standard InChI is InChI=1S/C16H17N3O2/c1-2-21-16(20)14-15(19-10-6-3-7-11-19)12-8-4-5-9-13(12)17-18-14/h3-6,8-9H,2,7,10-11H2,1H3. The average Bonchev–Trinajstić information content (AvgIpc) is 2.55. The van der Waals surface area contributed by atoms with Crippen LogP contribution in [-0.4, -0.2) is 35.9 Å². The van der Waals surface area contributed by atoms with Crippen molar-refractivity contribution in [1.82, 2.24) is 10.2 Å². The third-order valence-electron chi connectivity index (χ3n) is 3.48. The van der Waals surface area contributed by atoms with Crippen molar-refractivity contribution in [2.24, 2.45) is 0 Å². The van der Waals surface area contributed by atoms with Gasteiger partial charge in [-0.15, -0.1) is 10.2 Å². The number of aromatic nitrogens is 2. The van der Waals surface area contributed by atoms with Crippen LogP contribution < -0.4 is 4.90 Å². The Kier molecular flexibility index (Phi) is 3.81. The van der Waals surface area contributed by atoms with Crippen molar-refractivity contribution in [3.63, 3.8) is 0 Å². The van der Waals surface area contributed by atoms with E-state index in [-0.39, 0.29) is 0 Å². The largest absolute Gasteiger partial charge is 0.461 e. The minimum absolute atomic E-state index is 0.297. The Morgan fingerprint density at radius 1 is 1.29 bits per heavy atom. The predicted octanol–water partition coefficient (Wildman–Crippen LogP) is 2.57. The Morgan fingerprint density at radius 3 is 2.90 bits per heavy atom. The van der Waals surface area contributed by atoms with Gasteiger partial charge in [0.25, 0.3) is 0 Å². The molecule has 0 N–H and O–H groups in total. The van der Waals surface area contributed by atoms with E-state index >= 15 is 0 Å². The molecule has 5 nitrogen and oxygen atoms in total. The smallest absolute Gasteiger partial charge is 0.361 e. The van der Waals surface area contributed by atoms with Crippen LogP contribution in [0.5, 0.6) is 0 Å². The topological polar surface area (TPSA) is 55.3 Å². The second kappa shape index (κ2) is 5.91. The molecular formula is C16H17N3O2. The molecule has 0 saturated carbocycles. The lowest BCUT2D eigenvalue weighted by Crippen LogP contribution is -2.29. The summed E-state index contributed by atoms with van der Waals surface area (Å²) >= 11 is 0. The SMILES string of the molecule is CCOC(=O)c1nnc2ccccc2c1N1CC=CCC1. The van der Waals surface area contributed by atoms with E-state index in [1.807, 2.05) is 24.3 Å². The molecule has 21 heavy (non-hydrogen) atoms. The van der Waals surface area contributed by atoms with Gasteiger partial charge < -0.3 is 9.64 Å². The van der Waals surface area contributed by atoms with Crippen molar-refractivity contribution >= 4 is 22.6 Å². The second-order valence-electron chi connectivity index (χ2n) is 4.84. The molecular weight excluding hydrogens is 266 g/mol. The van der Waals surface area contributed by atoms with Crippen LogP contribution in [0.3, 0.4) is 0 Å². The fourth-order valence-corrected chi connectivity index (χ4v) is 2.54. The number of ether oxygens (including phenoxy) is 1. The zero-order valence-corrected chi connectivity index (χ0v) is 12.0. The van der Waals surface area contributed by atoms with Crippen LogP contribution in [-0.2, 0) is 4.74 Å². The van der Waals surface area contributed by atoms with Gasteiger partial charge in [-0.2, -0.15) is 0 Å². The Hall–Kier alpha value is -2.43. The van der Waals surface area contributed by atoms with E-state index in [1.165, 1.54) is 0 Å². The minimum atomic E-state index is -0.416. The van der Waals surface area contributed by atoms with Crippen LogP contribution in [0.4, 0.5) is 5.69 Å². The number of hydrogen-bond donors (Lipinski definition) is 0. The summed E-state index contributed by atoms with van der Waals surface area (Å²) in [6.07, 6.45) is 5.21. The summed E-state index contributed by atoms with van der Waals surface area (Å²) in [5, 5.41) is 9.19. The zero-order chi connectivity index (χ0) is 14.7. The van der Waals surface area contributed by atoms with Crippen LogP contribution in [0, 0.1) is 0 Å². The molecule has 1 aliphatic rings. The van der Waals surface area contributed by atoms with E-state index in [0.29, 0.717) is 12.3 Å². The van der Waals surface area contributed by atoms with Crippen molar-refractivity contribution in [3.05, 3.63) is 42.1 Å². The van der Waals surface area contributed by atoms with Crippen LogP contribution in [0.1, 0.15) is 23.8 Å². The molecule has 0 saturated heterocycles. The Labute approximate surface area is 123 Å². The summed E-state index contributed by atoms with van der Waals surface area (Å²) in [5.41, 5.74) is 1.91. The van der Waals surface area contributed by atoms with E-state index in [0.717, 1.165) is 36.1 Å². The number of anilines is 1. The van der Waals surface area contributed by atoms with Gasteiger partial charge in [0.05, 0.1) is 17.8 Å². The number of esters is 1. The highest BCUT2D eigenvalue weighted by Gasteiger charge is 2.23. The average molecular weight is 283 g/mol. The Balaban J connectivity index is 2.17. The summed E-state index contributed by atoms with van der Waals surface area (Å²) in [6, 6.07) is 7.74. The number of rotatable bonds is 3. The van der Waals surface area contributed by atoms with Crippen molar-refractivity contribution in [3.8, 4) is 0 Å². The molecule has 2 aromatic rings. The predicted molar refractivity (Wildman–Crippen MR) is 81.5 cm³/mol. The van der Waals surface area contributed by atoms with Crippen molar-refractivity contribution in [1.29, 1.82) is 0 Å². The summed E-state index contributed by atoms with van der Waals surface area (Å²) < 4.78 is 5.12. The van der Waals surface area contributed by atoms with Gasteiger partial charge in [-0.3, -0.25) is 0 Å². The maximum Gasteiger partial charge on any atom is 0.361 e. The number of carbonyl (C=O) groups excluding carboxylic acids is 1. The number of benzene rings is 1. The molecule has 0 radical (unpaired) electrons. The van der Waals surface area contributed by atoms with Crippen molar-refractivity contribution in [2.75, 3.05) is 24.6 Å². The highest BCUT2D eigenvalue weighted by atomic mass is 16.5. The first-order valence-corrected chi connectivity index (χ1v) is 7.13. The normalized spacial score (nSPS) is 14.4. The van der Waals surface area contributed by atoms with Crippen LogP contribution in [0.25, 0.3) is 10.9 Å². The van der Waals surface area contributed by atoms with Crippen molar-refractivity contribution in [2.45, 2.75) is 13.3 Å².